The Morgan fingerprint density at radius 1 is 1.28 bits per heavy atom. The lowest BCUT2D eigenvalue weighted by Crippen LogP contribution is -2.15. The van der Waals surface area contributed by atoms with Crippen molar-refractivity contribution in [3.8, 4) is 23.0 Å². The summed E-state index contributed by atoms with van der Waals surface area (Å²) in [5.41, 5.74) is 2.20. The van der Waals surface area contributed by atoms with Crippen LogP contribution in [0.3, 0.4) is 0 Å². The van der Waals surface area contributed by atoms with E-state index in [0.717, 1.165) is 17.3 Å². The van der Waals surface area contributed by atoms with Gasteiger partial charge in [-0.3, -0.25) is 0 Å². The smallest absolute Gasteiger partial charge is 0.432 e. The Kier molecular flexibility index (Phi) is 7.55. The van der Waals surface area contributed by atoms with Crippen molar-refractivity contribution in [2.45, 2.75) is 13.8 Å². The largest absolute Gasteiger partial charge is 0.488 e. The Bertz CT molecular complexity index is 1160. The van der Waals surface area contributed by atoms with E-state index in [2.05, 4.69) is 25.1 Å². The summed E-state index contributed by atoms with van der Waals surface area (Å²) in [6.07, 6.45) is 1.93. The molecule has 0 radical (unpaired) electrons. The summed E-state index contributed by atoms with van der Waals surface area (Å²) in [5, 5.41) is 13.3. The second kappa shape index (κ2) is 10.5. The van der Waals surface area contributed by atoms with E-state index in [9.17, 15) is 9.90 Å². The standard InChI is InChI=1S/C21H21N5O5S/c1-5-30-16-10-14(11-22-19(16)29-3)17(20(32-4)25-21(27)28)24-15-8-6-13(7-9-15)18-23-12(2)31-26-18/h6-11H,5H2,1-4H3,(H,27,28). The van der Waals surface area contributed by atoms with Gasteiger partial charge in [0, 0.05) is 24.2 Å². The van der Waals surface area contributed by atoms with Gasteiger partial charge in [0.05, 0.1) is 19.4 Å². The summed E-state index contributed by atoms with van der Waals surface area (Å²) in [5.74, 6) is 1.67. The van der Waals surface area contributed by atoms with Crippen LogP contribution in [0.2, 0.25) is 0 Å². The van der Waals surface area contributed by atoms with E-state index < -0.39 is 6.09 Å². The SMILES string of the molecule is CCOc1cc(C(=Nc2ccc(-c3noc(C)n3)cc2)C(=NC(=O)O)SC)cnc1OC. The predicted molar refractivity (Wildman–Crippen MR) is 122 cm³/mol. The molecule has 0 aliphatic carbocycles. The molecule has 3 aromatic rings. The van der Waals surface area contributed by atoms with Crippen molar-refractivity contribution in [2.75, 3.05) is 20.0 Å². The molecule has 0 saturated heterocycles. The van der Waals surface area contributed by atoms with E-state index in [1.807, 2.05) is 6.92 Å². The van der Waals surface area contributed by atoms with Crippen molar-refractivity contribution in [1.29, 1.82) is 0 Å². The van der Waals surface area contributed by atoms with E-state index in [4.69, 9.17) is 14.0 Å². The molecule has 0 aliphatic rings. The molecule has 11 heteroatoms. The van der Waals surface area contributed by atoms with Gasteiger partial charge in [0.15, 0.2) is 5.75 Å². The van der Waals surface area contributed by atoms with E-state index in [-0.39, 0.29) is 5.04 Å². The topological polar surface area (TPSA) is 132 Å². The first-order valence-electron chi connectivity index (χ1n) is 9.47. The van der Waals surface area contributed by atoms with Crippen LogP contribution in [0.25, 0.3) is 11.4 Å². The molecular formula is C21H21N5O5S. The van der Waals surface area contributed by atoms with Crippen molar-refractivity contribution in [2.24, 2.45) is 9.98 Å². The summed E-state index contributed by atoms with van der Waals surface area (Å²) in [4.78, 5) is 28.1. The van der Waals surface area contributed by atoms with Gasteiger partial charge in [0.2, 0.25) is 11.7 Å². The second-order valence-corrected chi connectivity index (χ2v) is 7.01. The van der Waals surface area contributed by atoms with Crippen LogP contribution in [0, 0.1) is 6.92 Å². The van der Waals surface area contributed by atoms with Crippen LogP contribution in [0.15, 0.2) is 51.0 Å². The van der Waals surface area contributed by atoms with Crippen LogP contribution in [-0.2, 0) is 0 Å². The van der Waals surface area contributed by atoms with E-state index >= 15 is 0 Å². The van der Waals surface area contributed by atoms with Gasteiger partial charge in [-0.25, -0.2) is 14.8 Å². The lowest BCUT2D eigenvalue weighted by Gasteiger charge is -2.12. The van der Waals surface area contributed by atoms with Crippen molar-refractivity contribution >= 4 is 34.3 Å². The van der Waals surface area contributed by atoms with E-state index in [1.54, 1.807) is 43.5 Å². The summed E-state index contributed by atoms with van der Waals surface area (Å²) in [6, 6.07) is 8.82. The molecule has 1 amide bonds. The minimum absolute atomic E-state index is 0.213. The number of pyridine rings is 1. The Hall–Kier alpha value is -3.73. The molecule has 10 nitrogen and oxygen atoms in total. The Balaban J connectivity index is 2.08. The summed E-state index contributed by atoms with van der Waals surface area (Å²) in [7, 11) is 1.49. The van der Waals surface area contributed by atoms with Gasteiger partial charge in [0.1, 0.15) is 10.8 Å². The number of thioether (sulfide) groups is 1. The zero-order valence-corrected chi connectivity index (χ0v) is 18.7. The fourth-order valence-electron chi connectivity index (χ4n) is 2.72. The lowest BCUT2D eigenvalue weighted by molar-refractivity contribution is 0.206. The number of carbonyl (C=O) groups is 1. The molecule has 0 atom stereocenters. The average Bonchev–Trinajstić information content (AvgIpc) is 3.23. The quantitative estimate of drug-likeness (QED) is 0.406. The van der Waals surface area contributed by atoms with Crippen LogP contribution in [0.1, 0.15) is 18.4 Å². The number of hydrogen-bond acceptors (Lipinski definition) is 9. The number of rotatable bonds is 7. The third-order valence-corrected chi connectivity index (χ3v) is 4.74. The second-order valence-electron chi connectivity index (χ2n) is 6.21. The molecule has 0 saturated carbocycles. The molecule has 3 rings (SSSR count). The zero-order chi connectivity index (χ0) is 23.1. The summed E-state index contributed by atoms with van der Waals surface area (Å²) >= 11 is 1.16. The number of benzene rings is 1. The number of carboxylic acid groups (broad SMARTS) is 1. The number of ether oxygens (including phenoxy) is 2. The first-order valence-corrected chi connectivity index (χ1v) is 10.7. The third-order valence-electron chi connectivity index (χ3n) is 4.07. The van der Waals surface area contributed by atoms with Crippen LogP contribution >= 0.6 is 11.8 Å². The van der Waals surface area contributed by atoms with Gasteiger partial charge in [-0.05, 0) is 43.5 Å². The Labute approximate surface area is 188 Å². The number of amides is 1. The van der Waals surface area contributed by atoms with Crippen LogP contribution in [0.4, 0.5) is 10.5 Å². The molecule has 0 bridgehead atoms. The van der Waals surface area contributed by atoms with E-state index in [1.165, 1.54) is 13.3 Å². The highest BCUT2D eigenvalue weighted by atomic mass is 32.2. The molecule has 0 fully saturated rings. The predicted octanol–water partition coefficient (Wildman–Crippen LogP) is 4.41. The minimum atomic E-state index is -1.32. The van der Waals surface area contributed by atoms with Crippen LogP contribution in [0.5, 0.6) is 11.6 Å². The monoisotopic (exact) mass is 455 g/mol. The van der Waals surface area contributed by atoms with Crippen LogP contribution < -0.4 is 9.47 Å². The first-order chi connectivity index (χ1) is 15.4. The van der Waals surface area contributed by atoms with Crippen molar-refractivity contribution < 1.29 is 23.9 Å². The molecule has 0 spiro atoms. The maximum atomic E-state index is 11.3. The zero-order valence-electron chi connectivity index (χ0n) is 17.9. The van der Waals surface area contributed by atoms with Gasteiger partial charge in [0.25, 0.3) is 5.88 Å². The highest BCUT2D eigenvalue weighted by Gasteiger charge is 2.17. The van der Waals surface area contributed by atoms with Gasteiger partial charge >= 0.3 is 6.09 Å². The van der Waals surface area contributed by atoms with E-state index in [0.29, 0.717) is 46.9 Å². The lowest BCUT2D eigenvalue weighted by atomic mass is 10.1. The highest BCUT2D eigenvalue weighted by Crippen LogP contribution is 2.28. The summed E-state index contributed by atoms with van der Waals surface area (Å²) < 4.78 is 15.8. The third kappa shape index (κ3) is 5.49. The average molecular weight is 455 g/mol. The van der Waals surface area contributed by atoms with Gasteiger partial charge in [-0.1, -0.05) is 5.16 Å². The van der Waals surface area contributed by atoms with Crippen molar-refractivity contribution in [1.82, 2.24) is 15.1 Å². The molecule has 1 aromatic carbocycles. The maximum Gasteiger partial charge on any atom is 0.432 e. The first kappa shape index (κ1) is 22.9. The fraction of sp³-hybridized carbons (Fsp3) is 0.238. The number of aromatic nitrogens is 3. The minimum Gasteiger partial charge on any atom is -0.488 e. The molecule has 0 unspecified atom stereocenters. The Morgan fingerprint density at radius 2 is 2.03 bits per heavy atom. The number of methoxy groups -OCH3 is 1. The van der Waals surface area contributed by atoms with Gasteiger partial charge in [-0.2, -0.15) is 9.98 Å². The van der Waals surface area contributed by atoms with Crippen LogP contribution in [-0.4, -0.2) is 57.1 Å². The maximum absolute atomic E-state index is 11.3. The van der Waals surface area contributed by atoms with Gasteiger partial charge in [-0.15, -0.1) is 11.8 Å². The molecule has 166 valence electrons. The molecule has 0 aliphatic heterocycles. The van der Waals surface area contributed by atoms with Crippen molar-refractivity contribution in [3.63, 3.8) is 0 Å². The fourth-order valence-corrected chi connectivity index (χ4v) is 3.25. The molecular weight excluding hydrogens is 434 g/mol. The number of nitrogens with zero attached hydrogens (tertiary/aromatic N) is 5. The normalized spacial score (nSPS) is 12.0. The highest BCUT2D eigenvalue weighted by molar-refractivity contribution is 8.15. The number of hydrogen-bond donors (Lipinski definition) is 1. The molecule has 1 N–H and O–H groups in total. The number of aryl methyl sites for hydroxylation is 1. The Morgan fingerprint density at radius 3 is 2.59 bits per heavy atom. The molecule has 2 aromatic heterocycles. The van der Waals surface area contributed by atoms with Gasteiger partial charge < -0.3 is 19.1 Å². The number of aliphatic imine (C=N–C) groups is 2. The summed E-state index contributed by atoms with van der Waals surface area (Å²) in [6.45, 7) is 3.96. The molecule has 2 heterocycles. The molecule has 32 heavy (non-hydrogen) atoms. The van der Waals surface area contributed by atoms with Crippen molar-refractivity contribution in [3.05, 3.63) is 48.0 Å².